The molecule has 1 aliphatic rings. The number of nitrogens with zero attached hydrogens (tertiary/aromatic N) is 4. The molecular formula is C28H29F2IN8O2. The summed E-state index contributed by atoms with van der Waals surface area (Å²) in [4.78, 5) is 38.2. The largest absolute Gasteiger partial charge is 0.382 e. The van der Waals surface area contributed by atoms with E-state index in [1.165, 1.54) is 12.3 Å². The number of alkyl halides is 3. The summed E-state index contributed by atoms with van der Waals surface area (Å²) >= 11 is 1.03. The smallest absolute Gasteiger partial charge is 0.321 e. The van der Waals surface area contributed by atoms with Gasteiger partial charge in [-0.15, -0.1) is 0 Å². The number of urea groups is 1. The van der Waals surface area contributed by atoms with E-state index in [0.29, 0.717) is 29.1 Å². The molecule has 10 nitrogen and oxygen atoms in total. The minimum atomic E-state index is -3.08. The molecule has 2 atom stereocenters. The topological polar surface area (TPSA) is 139 Å². The fourth-order valence-corrected chi connectivity index (χ4v) is 5.51. The van der Waals surface area contributed by atoms with Gasteiger partial charge in [0.1, 0.15) is 28.7 Å². The molecule has 0 radical (unpaired) electrons. The molecule has 0 aliphatic heterocycles. The predicted molar refractivity (Wildman–Crippen MR) is 160 cm³/mol. The van der Waals surface area contributed by atoms with Crippen LogP contribution in [-0.2, 0) is 3.93 Å². The summed E-state index contributed by atoms with van der Waals surface area (Å²) in [7, 11) is 0. The van der Waals surface area contributed by atoms with Gasteiger partial charge in [-0.2, -0.15) is 8.78 Å². The number of carbonyl (C=O) groups is 2. The third-order valence-electron chi connectivity index (χ3n) is 7.07. The highest BCUT2D eigenvalue weighted by molar-refractivity contribution is 14.1. The molecule has 0 saturated heterocycles. The zero-order valence-corrected chi connectivity index (χ0v) is 24.4. The van der Waals surface area contributed by atoms with Gasteiger partial charge < -0.3 is 21.7 Å². The van der Waals surface area contributed by atoms with Crippen LogP contribution in [-0.4, -0.2) is 43.9 Å². The maximum absolute atomic E-state index is 13.7. The number of nitrogens with two attached hydrogens (primary N) is 1. The highest BCUT2D eigenvalue weighted by Gasteiger charge is 2.30. The number of hydrogen-bond acceptors (Lipinski definition) is 6. The van der Waals surface area contributed by atoms with Gasteiger partial charge in [0.15, 0.2) is 0 Å². The quantitative estimate of drug-likeness (QED) is 0.152. The van der Waals surface area contributed by atoms with E-state index in [2.05, 4.69) is 25.9 Å². The Morgan fingerprint density at radius 2 is 1.93 bits per heavy atom. The molecule has 3 amide bonds. The van der Waals surface area contributed by atoms with Gasteiger partial charge in [-0.05, 0) is 50.5 Å². The van der Waals surface area contributed by atoms with Crippen LogP contribution in [0.4, 0.5) is 25.2 Å². The van der Waals surface area contributed by atoms with Crippen LogP contribution in [0.1, 0.15) is 60.3 Å². The lowest BCUT2D eigenvalue weighted by Gasteiger charge is -2.29. The zero-order chi connectivity index (χ0) is 29.1. The van der Waals surface area contributed by atoms with Crippen molar-refractivity contribution < 1.29 is 18.4 Å². The van der Waals surface area contributed by atoms with Gasteiger partial charge in [-0.25, -0.2) is 19.7 Å². The Morgan fingerprint density at radius 3 is 2.66 bits per heavy atom. The molecule has 1 saturated carbocycles. The van der Waals surface area contributed by atoms with E-state index in [1.807, 2.05) is 17.5 Å². The number of nitrogen functional groups attached to an aromatic ring is 1. The van der Waals surface area contributed by atoms with Crippen molar-refractivity contribution in [2.45, 2.75) is 48.5 Å². The minimum absolute atomic E-state index is 0.0314. The third kappa shape index (κ3) is 6.39. The van der Waals surface area contributed by atoms with E-state index in [4.69, 9.17) is 10.7 Å². The number of amides is 3. The van der Waals surface area contributed by atoms with Crippen molar-refractivity contribution in [3.05, 3.63) is 71.9 Å². The van der Waals surface area contributed by atoms with Crippen LogP contribution in [0.25, 0.3) is 16.8 Å². The molecule has 4 aromatic rings. The molecule has 5 rings (SSSR count). The van der Waals surface area contributed by atoms with Crippen LogP contribution in [0, 0.1) is 0 Å². The number of halogens is 3. The number of aromatic nitrogens is 4. The molecule has 3 heterocycles. The van der Waals surface area contributed by atoms with Gasteiger partial charge >= 0.3 is 9.96 Å². The first-order chi connectivity index (χ1) is 19.6. The summed E-state index contributed by atoms with van der Waals surface area (Å²) in [6, 6.07) is 9.00. The van der Waals surface area contributed by atoms with Crippen molar-refractivity contribution in [1.82, 2.24) is 30.0 Å². The molecule has 1 unspecified atom stereocenters. The molecule has 0 bridgehead atoms. The van der Waals surface area contributed by atoms with Crippen molar-refractivity contribution in [1.29, 1.82) is 0 Å². The molecule has 1 aromatic carbocycles. The van der Waals surface area contributed by atoms with Gasteiger partial charge in [-0.1, -0.05) is 18.6 Å². The van der Waals surface area contributed by atoms with Crippen LogP contribution < -0.4 is 21.7 Å². The van der Waals surface area contributed by atoms with E-state index in [9.17, 15) is 18.4 Å². The Morgan fingerprint density at radius 1 is 1.15 bits per heavy atom. The number of anilines is 2. The molecule has 1 fully saturated rings. The van der Waals surface area contributed by atoms with E-state index < -0.39 is 9.84 Å². The summed E-state index contributed by atoms with van der Waals surface area (Å²) in [6.45, 7) is 2.44. The Hall–Kier alpha value is -3.88. The molecule has 3 aromatic heterocycles. The van der Waals surface area contributed by atoms with Crippen molar-refractivity contribution in [3.8, 4) is 11.3 Å². The highest BCUT2D eigenvalue weighted by atomic mass is 127. The van der Waals surface area contributed by atoms with Gasteiger partial charge in [0, 0.05) is 76.4 Å². The number of carbonyl (C=O) groups excluding carboxylic acids is 2. The summed E-state index contributed by atoms with van der Waals surface area (Å²) < 4.78 is 26.2. The number of pyridine rings is 1. The van der Waals surface area contributed by atoms with Gasteiger partial charge in [0.2, 0.25) is 0 Å². The van der Waals surface area contributed by atoms with Gasteiger partial charge in [0.25, 0.3) is 5.91 Å². The lowest BCUT2D eigenvalue weighted by molar-refractivity contribution is 0.102. The standard InChI is InChI=1S/C28H29F2IN8O2/c1-2-33-27(41)36-20-5-3-4-18(14-20)25-38-22(23-24(32)35-12-13-39(23)25)16-6-8-17(9-7-16)26(40)37-21-15-19(10-11-34-21)28(29,30)31/h6-13,15,18,20H,2-5,14H2,1H3,(H2,32,35)(H2,33,36,41)(H,34,37,40)/t18-,20?/m1/s1. The normalized spacial score (nSPS) is 17.3. The monoisotopic (exact) mass is 674 g/mol. The number of benzene rings is 1. The molecule has 13 heteroatoms. The zero-order valence-electron chi connectivity index (χ0n) is 22.2. The molecule has 41 heavy (non-hydrogen) atoms. The van der Waals surface area contributed by atoms with Gasteiger partial charge in [0.05, 0.1) is 0 Å². The number of rotatable bonds is 7. The lowest BCUT2D eigenvalue weighted by atomic mass is 9.85. The Bertz CT molecular complexity index is 1570. The van der Waals surface area contributed by atoms with Crippen LogP contribution >= 0.6 is 22.6 Å². The maximum Gasteiger partial charge on any atom is 0.321 e. The van der Waals surface area contributed by atoms with Crippen LogP contribution in [0.3, 0.4) is 0 Å². The second-order valence-electron chi connectivity index (χ2n) is 9.87. The Labute approximate surface area is 248 Å². The van der Waals surface area contributed by atoms with E-state index in [-0.39, 0.29) is 29.4 Å². The number of imidazole rings is 1. The first-order valence-corrected chi connectivity index (χ1v) is 14.3. The molecule has 1 aliphatic carbocycles. The molecule has 5 N–H and O–H groups in total. The molecule has 0 spiro atoms. The van der Waals surface area contributed by atoms with Crippen LogP contribution in [0.5, 0.6) is 0 Å². The molecule has 214 valence electrons. The summed E-state index contributed by atoms with van der Waals surface area (Å²) in [5, 5.41) is 8.41. The summed E-state index contributed by atoms with van der Waals surface area (Å²) in [5.74, 6) is 0.813. The SMILES string of the molecule is CCNC(=O)NC1CCC[C@@H](c2nc(-c3ccc(C(=O)Nc4cc(C(F)(F)I)ccn4)cc3)c3c(N)nccn23)C1. The van der Waals surface area contributed by atoms with Gasteiger partial charge in [-0.3, -0.25) is 9.20 Å². The van der Waals surface area contributed by atoms with E-state index in [0.717, 1.165) is 65.7 Å². The first-order valence-electron chi connectivity index (χ1n) is 13.3. The van der Waals surface area contributed by atoms with Crippen LogP contribution in [0.15, 0.2) is 55.0 Å². The number of hydrogen-bond donors (Lipinski definition) is 4. The Balaban J connectivity index is 1.39. The van der Waals surface area contributed by atoms with Crippen LogP contribution in [0.2, 0.25) is 0 Å². The number of fused-ring (bicyclic) bond motifs is 1. The predicted octanol–water partition coefficient (Wildman–Crippen LogP) is 5.46. The summed E-state index contributed by atoms with van der Waals surface area (Å²) in [5.41, 5.74) is 8.42. The summed E-state index contributed by atoms with van der Waals surface area (Å²) in [6.07, 6.45) is 8.21. The fourth-order valence-electron chi connectivity index (χ4n) is 5.17. The average molecular weight is 674 g/mol. The van der Waals surface area contributed by atoms with Crippen molar-refractivity contribution in [2.75, 3.05) is 17.6 Å². The minimum Gasteiger partial charge on any atom is -0.382 e. The second-order valence-corrected chi connectivity index (χ2v) is 11.2. The second kappa shape index (κ2) is 11.9. The first kappa shape index (κ1) is 28.6. The fraction of sp³-hybridized carbons (Fsp3) is 0.321. The highest BCUT2D eigenvalue weighted by Crippen LogP contribution is 2.37. The van der Waals surface area contributed by atoms with Crippen molar-refractivity contribution in [3.63, 3.8) is 0 Å². The van der Waals surface area contributed by atoms with E-state index >= 15 is 0 Å². The van der Waals surface area contributed by atoms with Crippen molar-refractivity contribution in [2.24, 2.45) is 0 Å². The maximum atomic E-state index is 13.7. The lowest BCUT2D eigenvalue weighted by Crippen LogP contribution is -2.43. The third-order valence-corrected chi connectivity index (χ3v) is 7.69. The van der Waals surface area contributed by atoms with Crippen molar-refractivity contribution >= 4 is 51.7 Å². The molecular weight excluding hydrogens is 645 g/mol. The average Bonchev–Trinajstić information content (AvgIpc) is 3.34. The Kier molecular flexibility index (Phi) is 8.33. The van der Waals surface area contributed by atoms with E-state index in [1.54, 1.807) is 30.5 Å². The number of nitrogens with one attached hydrogen (secondary N) is 3.